The van der Waals surface area contributed by atoms with E-state index in [0.717, 1.165) is 77.4 Å². The fraction of sp³-hybridized carbons (Fsp3) is 0.422. The van der Waals surface area contributed by atoms with Gasteiger partial charge in [-0.1, -0.05) is 37.1 Å². The number of rotatable bonds is 19. The Balaban J connectivity index is 0.719. The first-order chi connectivity index (χ1) is 29.7. The number of fused-ring (bicyclic) bond motifs is 1. The number of alkyl halides is 2. The Morgan fingerprint density at radius 2 is 1.74 bits per heavy atom. The number of Topliss-reactive ketones (excluding diaryl/α,β-unsaturated/α-hetero) is 1. The minimum absolute atomic E-state index is 0.0264. The highest BCUT2D eigenvalue weighted by molar-refractivity contribution is 6.44. The SMILES string of the molecule is O=C1NC(O)c2c(Oc3ccc(CCCCCCNCC4CCC(n5cc(NC(=O)c6coc(-c7ccnc(NCC8CC8)c7)n6)c(C(F)F)n5)CC4)cc3)cccc2C1=O. The Hall–Kier alpha value is -6.00. The number of ketones is 1. The van der Waals surface area contributed by atoms with E-state index < -0.39 is 35.9 Å². The Bertz CT molecular complexity index is 2320. The van der Waals surface area contributed by atoms with Crippen molar-refractivity contribution in [2.75, 3.05) is 30.3 Å². The van der Waals surface area contributed by atoms with E-state index in [1.54, 1.807) is 35.1 Å². The van der Waals surface area contributed by atoms with Gasteiger partial charge in [-0.25, -0.2) is 18.7 Å². The fourth-order valence-electron chi connectivity index (χ4n) is 7.98. The molecule has 2 amide bonds. The molecule has 8 rings (SSSR count). The van der Waals surface area contributed by atoms with Gasteiger partial charge in [-0.15, -0.1) is 0 Å². The van der Waals surface area contributed by atoms with Crippen LogP contribution in [0.15, 0.2) is 77.7 Å². The Kier molecular flexibility index (Phi) is 13.1. The molecule has 16 heteroatoms. The van der Waals surface area contributed by atoms with Gasteiger partial charge in [0.2, 0.25) is 5.89 Å². The average molecular weight is 837 g/mol. The minimum Gasteiger partial charge on any atom is -0.457 e. The number of pyridine rings is 1. The summed E-state index contributed by atoms with van der Waals surface area (Å²) in [6.45, 7) is 2.70. The van der Waals surface area contributed by atoms with Crippen LogP contribution in [0.1, 0.15) is 121 Å². The molecule has 2 aromatic carbocycles. The number of carbonyl (C=O) groups is 3. The van der Waals surface area contributed by atoms with Gasteiger partial charge in [0.1, 0.15) is 23.6 Å². The van der Waals surface area contributed by atoms with Gasteiger partial charge in [0, 0.05) is 30.1 Å². The highest BCUT2D eigenvalue weighted by Gasteiger charge is 2.33. The molecule has 0 spiro atoms. The maximum absolute atomic E-state index is 14.1. The lowest BCUT2D eigenvalue weighted by molar-refractivity contribution is -0.120. The molecule has 5 N–H and O–H groups in total. The third kappa shape index (κ3) is 10.5. The molecule has 1 atom stereocenters. The zero-order valence-electron chi connectivity index (χ0n) is 33.7. The van der Waals surface area contributed by atoms with Crippen LogP contribution in [0.25, 0.3) is 11.5 Å². The van der Waals surface area contributed by atoms with Crippen molar-refractivity contribution < 1.29 is 37.4 Å². The number of unbranched alkanes of at least 4 members (excludes halogenated alkanes) is 3. The van der Waals surface area contributed by atoms with Gasteiger partial charge in [-0.05, 0) is 119 Å². The van der Waals surface area contributed by atoms with Crippen LogP contribution in [0.3, 0.4) is 0 Å². The van der Waals surface area contributed by atoms with Crippen LogP contribution in [0, 0.1) is 11.8 Å². The second-order valence-corrected chi connectivity index (χ2v) is 16.2. The fourth-order valence-corrected chi connectivity index (χ4v) is 7.98. The first-order valence-electron chi connectivity index (χ1n) is 21.2. The normalized spacial score (nSPS) is 18.8. The van der Waals surface area contributed by atoms with E-state index in [1.807, 2.05) is 24.3 Å². The van der Waals surface area contributed by atoms with E-state index in [9.17, 15) is 28.3 Å². The molecule has 61 heavy (non-hydrogen) atoms. The first kappa shape index (κ1) is 41.7. The van der Waals surface area contributed by atoms with Gasteiger partial charge >= 0.3 is 0 Å². The lowest BCUT2D eigenvalue weighted by Gasteiger charge is -2.29. The quantitative estimate of drug-likeness (QED) is 0.0399. The number of oxazole rings is 1. The molecule has 0 saturated heterocycles. The summed E-state index contributed by atoms with van der Waals surface area (Å²) in [6, 6.07) is 16.0. The van der Waals surface area contributed by atoms with Crippen molar-refractivity contribution in [1.29, 1.82) is 0 Å². The number of halogens is 2. The smallest absolute Gasteiger partial charge is 0.294 e. The third-order valence-electron chi connectivity index (χ3n) is 11.6. The van der Waals surface area contributed by atoms with Gasteiger partial charge in [-0.2, -0.15) is 5.10 Å². The van der Waals surface area contributed by atoms with Crippen molar-refractivity contribution in [3.05, 3.63) is 101 Å². The van der Waals surface area contributed by atoms with Crippen LogP contribution in [0.5, 0.6) is 11.5 Å². The number of hydrogen-bond acceptors (Lipinski definition) is 11. The summed E-state index contributed by atoms with van der Waals surface area (Å²) in [4.78, 5) is 45.8. The molecule has 4 heterocycles. The van der Waals surface area contributed by atoms with Crippen LogP contribution in [-0.2, 0) is 11.2 Å². The average Bonchev–Trinajstić information content (AvgIpc) is 3.78. The summed E-state index contributed by atoms with van der Waals surface area (Å²) in [5.74, 6) is 0.777. The van der Waals surface area contributed by atoms with E-state index in [-0.39, 0.29) is 34.4 Å². The maximum Gasteiger partial charge on any atom is 0.294 e. The Morgan fingerprint density at radius 1 is 0.967 bits per heavy atom. The lowest BCUT2D eigenvalue weighted by atomic mass is 9.86. The number of carbonyl (C=O) groups excluding carboxylic acids is 3. The molecule has 0 bridgehead atoms. The summed E-state index contributed by atoms with van der Waals surface area (Å²) < 4.78 is 41.3. The number of amides is 2. The van der Waals surface area contributed by atoms with Crippen LogP contribution in [0.2, 0.25) is 0 Å². The van der Waals surface area contributed by atoms with E-state index in [1.165, 1.54) is 36.9 Å². The highest BCUT2D eigenvalue weighted by atomic mass is 19.3. The van der Waals surface area contributed by atoms with Crippen molar-refractivity contribution >= 4 is 29.1 Å². The van der Waals surface area contributed by atoms with Crippen LogP contribution < -0.4 is 26.0 Å². The second kappa shape index (κ2) is 19.1. The second-order valence-electron chi connectivity index (χ2n) is 16.2. The monoisotopic (exact) mass is 836 g/mol. The summed E-state index contributed by atoms with van der Waals surface area (Å²) in [5, 5.41) is 26.3. The van der Waals surface area contributed by atoms with E-state index >= 15 is 0 Å². The molecule has 2 fully saturated rings. The molecule has 0 radical (unpaired) electrons. The summed E-state index contributed by atoms with van der Waals surface area (Å²) in [7, 11) is 0. The van der Waals surface area contributed by atoms with Crippen LogP contribution in [0.4, 0.5) is 20.3 Å². The molecular formula is C45H50F2N8O6. The van der Waals surface area contributed by atoms with Gasteiger partial charge < -0.3 is 35.5 Å². The van der Waals surface area contributed by atoms with Crippen molar-refractivity contribution in [2.24, 2.45) is 11.8 Å². The molecule has 2 saturated carbocycles. The number of anilines is 2. The number of aryl methyl sites for hydroxylation is 1. The molecule has 3 aliphatic rings. The first-order valence-corrected chi connectivity index (χ1v) is 21.2. The predicted octanol–water partition coefficient (Wildman–Crippen LogP) is 8.16. The topological polar surface area (TPSA) is 186 Å². The van der Waals surface area contributed by atoms with Crippen LogP contribution >= 0.6 is 0 Å². The predicted molar refractivity (Wildman–Crippen MR) is 223 cm³/mol. The van der Waals surface area contributed by atoms with Crippen molar-refractivity contribution in [1.82, 2.24) is 30.4 Å². The molecule has 1 unspecified atom stereocenters. The molecule has 3 aromatic heterocycles. The number of hydrogen-bond donors (Lipinski definition) is 5. The van der Waals surface area contributed by atoms with Gasteiger partial charge in [-0.3, -0.25) is 19.1 Å². The number of nitrogens with zero attached hydrogens (tertiary/aromatic N) is 4. The van der Waals surface area contributed by atoms with Crippen molar-refractivity contribution in [3.63, 3.8) is 0 Å². The Labute approximate surface area is 351 Å². The summed E-state index contributed by atoms with van der Waals surface area (Å²) in [5.41, 5.74) is 1.70. The molecule has 14 nitrogen and oxygen atoms in total. The highest BCUT2D eigenvalue weighted by Crippen LogP contribution is 2.36. The third-order valence-corrected chi connectivity index (χ3v) is 11.6. The Morgan fingerprint density at radius 3 is 2.52 bits per heavy atom. The molecule has 5 aromatic rings. The molecule has 2 aliphatic carbocycles. The minimum atomic E-state index is -2.86. The van der Waals surface area contributed by atoms with Gasteiger partial charge in [0.15, 0.2) is 17.6 Å². The molecule has 320 valence electrons. The number of ether oxygens (including phenoxy) is 1. The maximum atomic E-state index is 14.1. The number of aliphatic hydroxyl groups excluding tert-OH is 1. The van der Waals surface area contributed by atoms with Crippen molar-refractivity contribution in [2.45, 2.75) is 89.3 Å². The number of nitrogens with one attached hydrogen (secondary N) is 4. The zero-order chi connectivity index (χ0) is 42.3. The number of aromatic nitrogens is 4. The summed E-state index contributed by atoms with van der Waals surface area (Å²) in [6.07, 6.45) is 11.4. The standard InChI is InChI=1S/C45H50F2N8O6/c46-41(47)39-34(51-42(57)35-26-60-45(52-35)30-19-21-49-37(22-30)50-24-29-9-10-29)25-55(54-39)31-15-11-28(12-16-31)23-48-20-4-2-1-3-6-27-13-17-32(18-14-27)61-36-8-5-7-33-38(36)43(58)53-44(59)40(33)56/h5,7-8,13-14,17-19,21-22,25-26,28-29,31,41,43,48,58H,1-4,6,9-12,15-16,20,23-24H2,(H,49,50)(H,51,57)(H,53,59). The largest absolute Gasteiger partial charge is 0.457 e. The molecular weight excluding hydrogens is 787 g/mol. The zero-order valence-corrected chi connectivity index (χ0v) is 33.7. The van der Waals surface area contributed by atoms with Gasteiger partial charge in [0.25, 0.3) is 24.0 Å². The number of aliphatic hydroxyl groups is 1. The molecule has 1 aliphatic heterocycles. The van der Waals surface area contributed by atoms with Crippen molar-refractivity contribution in [3.8, 4) is 23.0 Å². The van der Waals surface area contributed by atoms with E-state index in [4.69, 9.17) is 9.15 Å². The number of benzene rings is 2. The van der Waals surface area contributed by atoms with E-state index in [0.29, 0.717) is 34.7 Å². The van der Waals surface area contributed by atoms with Gasteiger partial charge in [0.05, 0.1) is 17.3 Å². The van der Waals surface area contributed by atoms with Crippen LogP contribution in [-0.4, -0.2) is 62.1 Å². The lowest BCUT2D eigenvalue weighted by Crippen LogP contribution is -2.40. The summed E-state index contributed by atoms with van der Waals surface area (Å²) >= 11 is 0. The van der Waals surface area contributed by atoms with E-state index in [2.05, 4.69) is 36.3 Å².